The van der Waals surface area contributed by atoms with Crippen molar-refractivity contribution in [2.75, 3.05) is 0 Å². The largest absolute Gasteiger partial charge is 0.262 e. The fourth-order valence-electron chi connectivity index (χ4n) is 4.43. The van der Waals surface area contributed by atoms with Crippen LogP contribution in [0.3, 0.4) is 0 Å². The van der Waals surface area contributed by atoms with Gasteiger partial charge in [-0.1, -0.05) is 0 Å². The first-order chi connectivity index (χ1) is 22.6. The number of benzene rings is 3. The molecule has 3 aromatic rings. The number of hydrogen-bond acceptors (Lipinski definition) is 3. The Kier molecular flexibility index (Phi) is 8.51. The van der Waals surface area contributed by atoms with Crippen molar-refractivity contribution in [2.45, 2.75) is 0 Å². The molecule has 0 unspecified atom stereocenters. The van der Waals surface area contributed by atoms with Crippen LogP contribution in [0.15, 0.2) is 16.7 Å². The highest BCUT2D eigenvalue weighted by molar-refractivity contribution is 6.10. The topological polar surface area (TPSA) is 84.4 Å². The molecule has 3 aromatic carbocycles. The molecule has 4 rings (SSSR count). The van der Waals surface area contributed by atoms with Crippen LogP contribution in [0.5, 0.6) is 0 Å². The summed E-state index contributed by atoms with van der Waals surface area (Å²) in [5.74, 6) is -29.7. The molecule has 0 atom stereocenters. The van der Waals surface area contributed by atoms with E-state index in [0.29, 0.717) is 0 Å². The lowest BCUT2D eigenvalue weighted by atomic mass is 10.00. The summed E-state index contributed by atoms with van der Waals surface area (Å²) in [5, 5.41) is 27.5. The average molecular weight is 672 g/mol. The summed E-state index contributed by atoms with van der Waals surface area (Å²) in [6.07, 6.45) is 0. The maximum atomic E-state index is 15.1. The van der Waals surface area contributed by atoms with Crippen molar-refractivity contribution in [3.05, 3.63) is 149 Å². The SMILES string of the molecule is [C-]#[N+]/C(=C1/C(=C(\C#N)c2c(F)c(F)c(C#N)c(F)c2F)/C1=C(\[N+]#[C-])c1c(F)c(F)c([N+]#[C-])c(F)c1F)c1c(F)c(F)c(C#N)c(F)c1F. The van der Waals surface area contributed by atoms with Crippen molar-refractivity contribution in [2.24, 2.45) is 0 Å². The fourth-order valence-corrected chi connectivity index (χ4v) is 4.43. The highest BCUT2D eigenvalue weighted by Gasteiger charge is 2.46. The van der Waals surface area contributed by atoms with E-state index in [1.165, 1.54) is 0 Å². The van der Waals surface area contributed by atoms with Gasteiger partial charge in [0, 0.05) is 0 Å². The first kappa shape index (κ1) is 33.9. The third kappa shape index (κ3) is 4.57. The summed E-state index contributed by atoms with van der Waals surface area (Å²) in [7, 11) is 0. The fraction of sp³-hybridized carbons (Fsp3) is 0. The lowest BCUT2D eigenvalue weighted by Gasteiger charge is -2.08. The molecule has 0 heterocycles. The minimum Gasteiger partial charge on any atom is -0.237 e. The predicted molar refractivity (Wildman–Crippen MR) is 134 cm³/mol. The zero-order valence-electron chi connectivity index (χ0n) is 22.2. The second kappa shape index (κ2) is 12.1. The van der Waals surface area contributed by atoms with Crippen molar-refractivity contribution in [3.63, 3.8) is 0 Å². The van der Waals surface area contributed by atoms with E-state index in [2.05, 4.69) is 14.5 Å². The molecule has 0 spiro atoms. The Morgan fingerprint density at radius 2 is 0.750 bits per heavy atom. The van der Waals surface area contributed by atoms with Gasteiger partial charge in [-0.2, -0.15) is 15.8 Å². The molecule has 48 heavy (non-hydrogen) atoms. The maximum Gasteiger partial charge on any atom is 0.262 e. The Morgan fingerprint density at radius 3 is 1.02 bits per heavy atom. The van der Waals surface area contributed by atoms with Crippen molar-refractivity contribution in [3.8, 4) is 18.2 Å². The van der Waals surface area contributed by atoms with E-state index >= 15 is 26.3 Å². The summed E-state index contributed by atoms with van der Waals surface area (Å²) < 4.78 is 177. The molecule has 234 valence electrons. The quantitative estimate of drug-likeness (QED) is 0.121. The van der Waals surface area contributed by atoms with E-state index in [9.17, 15) is 31.6 Å². The summed E-state index contributed by atoms with van der Waals surface area (Å²) >= 11 is 0. The molecular formula is C30F12N6. The Balaban J connectivity index is 2.38. The first-order valence-electron chi connectivity index (χ1n) is 11.8. The van der Waals surface area contributed by atoms with Gasteiger partial charge in [0.05, 0.1) is 42.0 Å². The monoisotopic (exact) mass is 672 g/mol. The number of nitriles is 3. The van der Waals surface area contributed by atoms with Crippen LogP contribution in [-0.2, 0) is 0 Å². The molecule has 0 N–H and O–H groups in total. The average Bonchev–Trinajstić information content (AvgIpc) is 3.78. The van der Waals surface area contributed by atoms with Crippen molar-refractivity contribution in [1.29, 1.82) is 15.8 Å². The molecular weight excluding hydrogens is 672 g/mol. The second-order valence-electron chi connectivity index (χ2n) is 8.86. The van der Waals surface area contributed by atoms with Gasteiger partial charge in [-0.15, -0.1) is 0 Å². The first-order valence-corrected chi connectivity index (χ1v) is 11.8. The number of rotatable bonds is 3. The standard InChI is InChI=1S/C30F12N6/c1-46-28(14-22(37)18(33)9(6-45)19(34)23(14)38)12-10(7(4-43)11-20(35)16(31)8(5-44)17(32)21(11)36)13(12)29(47-2)15-24(39)26(41)30(48-3)27(42)25(15)40/b10-7-,28-12-,29-13+. The van der Waals surface area contributed by atoms with E-state index < -0.39 is 137 Å². The van der Waals surface area contributed by atoms with Gasteiger partial charge in [-0.3, -0.25) is 0 Å². The molecule has 0 saturated heterocycles. The highest BCUT2D eigenvalue weighted by atomic mass is 19.2. The van der Waals surface area contributed by atoms with Crippen molar-refractivity contribution in [1.82, 2.24) is 0 Å². The van der Waals surface area contributed by atoms with Gasteiger partial charge in [0.2, 0.25) is 11.4 Å². The lowest BCUT2D eigenvalue weighted by Crippen LogP contribution is -2.06. The zero-order valence-corrected chi connectivity index (χ0v) is 22.2. The van der Waals surface area contributed by atoms with Crippen molar-refractivity contribution >= 4 is 22.7 Å². The normalized spacial score (nSPS) is 14.9. The molecule has 1 fully saturated rings. The zero-order chi connectivity index (χ0) is 36.1. The molecule has 6 nitrogen and oxygen atoms in total. The summed E-state index contributed by atoms with van der Waals surface area (Å²) in [4.78, 5) is 7.47. The minimum atomic E-state index is -2.52. The smallest absolute Gasteiger partial charge is 0.237 e. The molecule has 18 heteroatoms. The number of halogens is 12. The van der Waals surface area contributed by atoms with Crippen LogP contribution in [0.25, 0.3) is 31.5 Å². The van der Waals surface area contributed by atoms with Crippen LogP contribution in [0.1, 0.15) is 27.8 Å². The summed E-state index contributed by atoms with van der Waals surface area (Å²) in [6.45, 7) is 21.5. The molecule has 0 aliphatic heterocycles. The van der Waals surface area contributed by atoms with Gasteiger partial charge in [0.25, 0.3) is 5.69 Å². The highest BCUT2D eigenvalue weighted by Crippen LogP contribution is 2.58. The number of nitrogens with zero attached hydrogens (tertiary/aromatic N) is 6. The van der Waals surface area contributed by atoms with E-state index in [1.54, 1.807) is 0 Å². The third-order valence-corrected chi connectivity index (χ3v) is 6.57. The molecule has 0 amide bonds. The molecule has 1 aliphatic carbocycles. The van der Waals surface area contributed by atoms with E-state index in [0.717, 1.165) is 18.2 Å². The Morgan fingerprint density at radius 1 is 0.438 bits per heavy atom. The van der Waals surface area contributed by atoms with Crippen LogP contribution in [-0.4, -0.2) is 0 Å². The van der Waals surface area contributed by atoms with Crippen LogP contribution in [0, 0.1) is 124 Å². The van der Waals surface area contributed by atoms with E-state index in [1.807, 2.05) is 0 Å². The minimum absolute atomic E-state index is 0.774. The van der Waals surface area contributed by atoms with Crippen LogP contribution in [0.4, 0.5) is 58.4 Å². The van der Waals surface area contributed by atoms with E-state index in [-0.39, 0.29) is 0 Å². The number of hydrogen-bond donors (Lipinski definition) is 0. The molecule has 1 aliphatic rings. The Hall–Kier alpha value is -7.02. The summed E-state index contributed by atoms with van der Waals surface area (Å²) in [6, 6.07) is 2.52. The van der Waals surface area contributed by atoms with Gasteiger partial charge in [0.15, 0.2) is 58.2 Å². The van der Waals surface area contributed by atoms with Crippen LogP contribution in [0.2, 0.25) is 0 Å². The van der Waals surface area contributed by atoms with Gasteiger partial charge in [-0.05, 0) is 16.7 Å². The van der Waals surface area contributed by atoms with Gasteiger partial charge >= 0.3 is 0 Å². The second-order valence-corrected chi connectivity index (χ2v) is 8.86. The third-order valence-electron chi connectivity index (χ3n) is 6.57. The van der Waals surface area contributed by atoms with Gasteiger partial charge < -0.3 is 0 Å². The van der Waals surface area contributed by atoms with Gasteiger partial charge in [0.1, 0.15) is 41.0 Å². The predicted octanol–water partition coefficient (Wildman–Crippen LogP) is 8.60. The molecule has 0 radical (unpaired) electrons. The molecule has 0 aromatic heterocycles. The van der Waals surface area contributed by atoms with Crippen molar-refractivity contribution < 1.29 is 52.7 Å². The van der Waals surface area contributed by atoms with Crippen LogP contribution < -0.4 is 0 Å². The Labute approximate surface area is 258 Å². The Bertz CT molecular complexity index is 2070. The summed E-state index contributed by atoms with van der Waals surface area (Å²) in [5.41, 5.74) is -21.3. The van der Waals surface area contributed by atoms with E-state index in [4.69, 9.17) is 30.2 Å². The van der Waals surface area contributed by atoms with Gasteiger partial charge in [-0.25, -0.2) is 67.2 Å². The molecule has 0 bridgehead atoms. The molecule has 1 saturated carbocycles. The lowest BCUT2D eigenvalue weighted by molar-refractivity contribution is 0.446. The number of allylic oxidation sites excluding steroid dienone is 4. The van der Waals surface area contributed by atoms with Crippen LogP contribution >= 0.6 is 0 Å². The maximum absolute atomic E-state index is 15.1.